The molecular formula is C14H16ClNO4. The van der Waals surface area contributed by atoms with Crippen molar-refractivity contribution in [1.82, 2.24) is 0 Å². The molecule has 0 radical (unpaired) electrons. The molecule has 1 aromatic rings. The van der Waals surface area contributed by atoms with E-state index in [1.807, 2.05) is 13.8 Å². The average Bonchev–Trinajstić information content (AvgIpc) is 2.36. The van der Waals surface area contributed by atoms with Crippen molar-refractivity contribution in [2.24, 2.45) is 5.16 Å². The van der Waals surface area contributed by atoms with E-state index in [2.05, 4.69) is 5.16 Å². The SMILES string of the molecule is CON=C1CC(C)(C)Oc2cc(Cl)c(C(=O)OC)cc21. The molecule has 0 N–H and O–H groups in total. The van der Waals surface area contributed by atoms with Crippen LogP contribution in [0.15, 0.2) is 17.3 Å². The number of oxime groups is 1. The van der Waals surface area contributed by atoms with Crippen LogP contribution in [0.2, 0.25) is 5.02 Å². The summed E-state index contributed by atoms with van der Waals surface area (Å²) in [5.41, 5.74) is 1.26. The minimum Gasteiger partial charge on any atom is -0.487 e. The van der Waals surface area contributed by atoms with E-state index in [0.717, 1.165) is 0 Å². The van der Waals surface area contributed by atoms with Crippen LogP contribution in [0.4, 0.5) is 0 Å². The van der Waals surface area contributed by atoms with Crippen molar-refractivity contribution in [3.63, 3.8) is 0 Å². The second kappa shape index (κ2) is 5.32. The molecule has 0 aromatic heterocycles. The zero-order chi connectivity index (χ0) is 14.9. The Morgan fingerprint density at radius 3 is 2.70 bits per heavy atom. The molecule has 0 bridgehead atoms. The number of esters is 1. The van der Waals surface area contributed by atoms with E-state index < -0.39 is 11.6 Å². The molecule has 0 spiro atoms. The fourth-order valence-corrected chi connectivity index (χ4v) is 2.39. The van der Waals surface area contributed by atoms with E-state index in [4.69, 9.17) is 25.9 Å². The molecule has 1 aliphatic heterocycles. The number of carbonyl (C=O) groups excluding carboxylic acids is 1. The first-order chi connectivity index (χ1) is 9.38. The van der Waals surface area contributed by atoms with Crippen molar-refractivity contribution in [1.29, 1.82) is 0 Å². The molecule has 20 heavy (non-hydrogen) atoms. The third-order valence-corrected chi connectivity index (χ3v) is 3.28. The van der Waals surface area contributed by atoms with Gasteiger partial charge in [-0.2, -0.15) is 0 Å². The molecule has 6 heteroatoms. The smallest absolute Gasteiger partial charge is 0.339 e. The number of carbonyl (C=O) groups is 1. The van der Waals surface area contributed by atoms with Gasteiger partial charge in [-0.1, -0.05) is 16.8 Å². The van der Waals surface area contributed by atoms with Crippen LogP contribution in [0.5, 0.6) is 5.75 Å². The fourth-order valence-electron chi connectivity index (χ4n) is 2.16. The van der Waals surface area contributed by atoms with Gasteiger partial charge in [-0.05, 0) is 19.9 Å². The third-order valence-electron chi connectivity index (χ3n) is 2.97. The van der Waals surface area contributed by atoms with Crippen molar-refractivity contribution in [3.05, 3.63) is 28.3 Å². The summed E-state index contributed by atoms with van der Waals surface area (Å²) >= 11 is 6.10. The van der Waals surface area contributed by atoms with Gasteiger partial charge >= 0.3 is 5.97 Å². The van der Waals surface area contributed by atoms with E-state index in [1.54, 1.807) is 12.1 Å². The second-order valence-corrected chi connectivity index (χ2v) is 5.49. The molecule has 0 saturated heterocycles. The number of fused-ring (bicyclic) bond motifs is 1. The predicted octanol–water partition coefficient (Wildman–Crippen LogP) is 3.04. The summed E-state index contributed by atoms with van der Waals surface area (Å²) in [6.07, 6.45) is 0.566. The molecule has 0 atom stereocenters. The summed E-state index contributed by atoms with van der Waals surface area (Å²) in [5.74, 6) is 0.0779. The highest BCUT2D eigenvalue weighted by molar-refractivity contribution is 6.34. The molecule has 1 aromatic carbocycles. The van der Waals surface area contributed by atoms with Crippen LogP contribution in [0.3, 0.4) is 0 Å². The van der Waals surface area contributed by atoms with Crippen molar-refractivity contribution in [3.8, 4) is 5.75 Å². The number of benzene rings is 1. The van der Waals surface area contributed by atoms with Gasteiger partial charge in [0.15, 0.2) is 0 Å². The standard InChI is InChI=1S/C14H16ClNO4/c1-14(2)7-11(16-19-4)9-5-8(13(17)18-3)10(15)6-12(9)20-14/h5-6H,7H2,1-4H3. The lowest BCUT2D eigenvalue weighted by atomic mass is 9.91. The van der Waals surface area contributed by atoms with Crippen molar-refractivity contribution >= 4 is 23.3 Å². The molecule has 1 aliphatic rings. The molecule has 5 nitrogen and oxygen atoms in total. The van der Waals surface area contributed by atoms with E-state index in [0.29, 0.717) is 23.4 Å². The van der Waals surface area contributed by atoms with E-state index in [1.165, 1.54) is 14.2 Å². The topological polar surface area (TPSA) is 57.1 Å². The summed E-state index contributed by atoms with van der Waals surface area (Å²) in [6.45, 7) is 3.90. The number of hydrogen-bond acceptors (Lipinski definition) is 5. The molecule has 0 saturated carbocycles. The third kappa shape index (κ3) is 2.72. The average molecular weight is 298 g/mol. The first-order valence-electron chi connectivity index (χ1n) is 6.09. The van der Waals surface area contributed by atoms with Gasteiger partial charge in [-0.15, -0.1) is 0 Å². The van der Waals surface area contributed by atoms with Crippen molar-refractivity contribution < 1.29 is 19.1 Å². The van der Waals surface area contributed by atoms with Crippen LogP contribution in [0.25, 0.3) is 0 Å². The highest BCUT2D eigenvalue weighted by Gasteiger charge is 2.33. The van der Waals surface area contributed by atoms with E-state index in [9.17, 15) is 4.79 Å². The quantitative estimate of drug-likeness (QED) is 0.622. The van der Waals surface area contributed by atoms with Gasteiger partial charge < -0.3 is 14.3 Å². The summed E-state index contributed by atoms with van der Waals surface area (Å²) < 4.78 is 10.6. The number of nitrogens with zero attached hydrogens (tertiary/aromatic N) is 1. The van der Waals surface area contributed by atoms with Crippen molar-refractivity contribution in [2.45, 2.75) is 25.9 Å². The predicted molar refractivity (Wildman–Crippen MR) is 75.7 cm³/mol. The number of halogens is 1. The Hall–Kier alpha value is -1.75. The van der Waals surface area contributed by atoms with Crippen LogP contribution in [0.1, 0.15) is 36.2 Å². The van der Waals surface area contributed by atoms with E-state index >= 15 is 0 Å². The zero-order valence-electron chi connectivity index (χ0n) is 11.8. The molecule has 108 valence electrons. The molecule has 1 heterocycles. The zero-order valence-corrected chi connectivity index (χ0v) is 12.6. The van der Waals surface area contributed by atoms with Gasteiger partial charge in [0.1, 0.15) is 18.5 Å². The lowest BCUT2D eigenvalue weighted by Gasteiger charge is -2.33. The van der Waals surface area contributed by atoms with Crippen LogP contribution < -0.4 is 4.74 Å². The highest BCUT2D eigenvalue weighted by atomic mass is 35.5. The Morgan fingerprint density at radius 2 is 2.10 bits per heavy atom. The Labute approximate surface area is 122 Å². The molecule has 0 aliphatic carbocycles. The Balaban J connectivity index is 2.59. The van der Waals surface area contributed by atoms with Gasteiger partial charge in [0.2, 0.25) is 0 Å². The normalized spacial score (nSPS) is 18.1. The summed E-state index contributed by atoms with van der Waals surface area (Å²) in [4.78, 5) is 16.6. The van der Waals surface area contributed by atoms with Gasteiger partial charge in [0.05, 0.1) is 23.4 Å². The van der Waals surface area contributed by atoms with Gasteiger partial charge in [-0.25, -0.2) is 4.79 Å². The number of rotatable bonds is 2. The monoisotopic (exact) mass is 297 g/mol. The summed E-state index contributed by atoms with van der Waals surface area (Å²) in [7, 11) is 2.79. The first-order valence-corrected chi connectivity index (χ1v) is 6.47. The largest absolute Gasteiger partial charge is 0.487 e. The molecule has 2 rings (SSSR count). The summed E-state index contributed by atoms with van der Waals surface area (Å²) in [5, 5.41) is 4.30. The van der Waals surface area contributed by atoms with Crippen molar-refractivity contribution in [2.75, 3.05) is 14.2 Å². The maximum atomic E-state index is 11.7. The number of hydrogen-bond donors (Lipinski definition) is 0. The van der Waals surface area contributed by atoms with E-state index in [-0.39, 0.29) is 10.6 Å². The minimum atomic E-state index is -0.501. The lowest BCUT2D eigenvalue weighted by Crippen LogP contribution is -2.36. The fraction of sp³-hybridized carbons (Fsp3) is 0.429. The number of ether oxygens (including phenoxy) is 2. The Bertz CT molecular complexity index is 581. The van der Waals surface area contributed by atoms with Crippen LogP contribution in [-0.4, -0.2) is 31.5 Å². The first kappa shape index (κ1) is 14.7. The maximum Gasteiger partial charge on any atom is 0.339 e. The highest BCUT2D eigenvalue weighted by Crippen LogP contribution is 2.37. The molecule has 0 amide bonds. The molecule has 0 fully saturated rings. The maximum absolute atomic E-state index is 11.7. The van der Waals surface area contributed by atoms with Crippen LogP contribution in [-0.2, 0) is 9.57 Å². The Kier molecular flexibility index (Phi) is 3.90. The van der Waals surface area contributed by atoms with Gasteiger partial charge in [-0.3, -0.25) is 0 Å². The summed E-state index contributed by atoms with van der Waals surface area (Å²) in [6, 6.07) is 3.23. The van der Waals surface area contributed by atoms with Gasteiger partial charge in [0, 0.05) is 18.1 Å². The Morgan fingerprint density at radius 1 is 1.40 bits per heavy atom. The second-order valence-electron chi connectivity index (χ2n) is 5.08. The van der Waals surface area contributed by atoms with Crippen LogP contribution in [0, 0.1) is 0 Å². The molecular weight excluding hydrogens is 282 g/mol. The van der Waals surface area contributed by atoms with Crippen LogP contribution >= 0.6 is 11.6 Å². The minimum absolute atomic E-state index is 0.278. The lowest BCUT2D eigenvalue weighted by molar-refractivity contribution is 0.0600. The molecule has 0 unspecified atom stereocenters. The number of methoxy groups -OCH3 is 1. The van der Waals surface area contributed by atoms with Gasteiger partial charge in [0.25, 0.3) is 0 Å².